The Kier molecular flexibility index (Phi) is 6.65. The van der Waals surface area contributed by atoms with Gasteiger partial charge in [-0.15, -0.1) is 0 Å². The predicted molar refractivity (Wildman–Crippen MR) is 84.3 cm³/mol. The molecule has 0 saturated heterocycles. The number of aryl methyl sites for hydroxylation is 2. The number of hydrogen-bond donors (Lipinski definition) is 1. The molecule has 5 heteroatoms. The van der Waals surface area contributed by atoms with Crippen LogP contribution in [-0.2, 0) is 16.6 Å². The monoisotopic (exact) mass is 298 g/mol. The molecule has 0 aliphatic rings. The van der Waals surface area contributed by atoms with Crippen LogP contribution in [-0.4, -0.2) is 38.6 Å². The summed E-state index contributed by atoms with van der Waals surface area (Å²) in [5.74, 6) is 0. The van der Waals surface area contributed by atoms with Crippen molar-refractivity contribution in [1.82, 2.24) is 9.62 Å². The highest BCUT2D eigenvalue weighted by Crippen LogP contribution is 2.08. The van der Waals surface area contributed by atoms with E-state index in [0.29, 0.717) is 13.1 Å². The van der Waals surface area contributed by atoms with Crippen molar-refractivity contribution in [3.8, 4) is 0 Å². The van der Waals surface area contributed by atoms with Gasteiger partial charge in [0.15, 0.2) is 0 Å². The van der Waals surface area contributed by atoms with Gasteiger partial charge in [0.2, 0.25) is 10.0 Å². The van der Waals surface area contributed by atoms with Gasteiger partial charge in [-0.1, -0.05) is 36.2 Å². The number of nitrogens with one attached hydrogen (secondary N) is 1. The van der Waals surface area contributed by atoms with Crippen LogP contribution in [0.15, 0.2) is 18.2 Å². The molecular weight excluding hydrogens is 272 g/mol. The fourth-order valence-corrected chi connectivity index (χ4v) is 3.27. The Morgan fingerprint density at radius 2 is 1.75 bits per heavy atom. The van der Waals surface area contributed by atoms with E-state index >= 15 is 0 Å². The van der Waals surface area contributed by atoms with Crippen LogP contribution in [0.3, 0.4) is 0 Å². The maximum Gasteiger partial charge on any atom is 0.211 e. The second kappa shape index (κ2) is 7.76. The van der Waals surface area contributed by atoms with Crippen molar-refractivity contribution in [1.29, 1.82) is 0 Å². The molecule has 0 radical (unpaired) electrons. The molecule has 0 aliphatic carbocycles. The van der Waals surface area contributed by atoms with Crippen LogP contribution < -0.4 is 5.32 Å². The first-order valence-corrected chi connectivity index (χ1v) is 8.90. The van der Waals surface area contributed by atoms with E-state index in [9.17, 15) is 8.42 Å². The van der Waals surface area contributed by atoms with Crippen LogP contribution in [0.25, 0.3) is 0 Å². The van der Waals surface area contributed by atoms with Crippen LogP contribution in [0.2, 0.25) is 0 Å². The quantitative estimate of drug-likeness (QED) is 0.747. The summed E-state index contributed by atoms with van der Waals surface area (Å²) < 4.78 is 24.4. The third-order valence-corrected chi connectivity index (χ3v) is 4.57. The summed E-state index contributed by atoms with van der Waals surface area (Å²) in [6.07, 6.45) is 2.09. The van der Waals surface area contributed by atoms with E-state index in [4.69, 9.17) is 0 Å². The van der Waals surface area contributed by atoms with Gasteiger partial charge < -0.3 is 5.32 Å². The Bertz CT molecular complexity index is 506. The van der Waals surface area contributed by atoms with Crippen molar-refractivity contribution < 1.29 is 8.42 Å². The number of rotatable bonds is 8. The first kappa shape index (κ1) is 17.1. The van der Waals surface area contributed by atoms with E-state index in [2.05, 4.69) is 37.4 Å². The first-order valence-electron chi connectivity index (χ1n) is 7.06. The summed E-state index contributed by atoms with van der Waals surface area (Å²) >= 11 is 0. The highest BCUT2D eigenvalue weighted by Gasteiger charge is 2.12. The molecule has 0 spiro atoms. The summed E-state index contributed by atoms with van der Waals surface area (Å²) in [5, 5.41) is 3.37. The number of nitrogens with zero attached hydrogens (tertiary/aromatic N) is 1. The van der Waals surface area contributed by atoms with Crippen molar-refractivity contribution in [3.05, 3.63) is 34.9 Å². The van der Waals surface area contributed by atoms with Crippen LogP contribution in [0, 0.1) is 13.8 Å². The van der Waals surface area contributed by atoms with E-state index in [0.717, 1.165) is 19.5 Å². The van der Waals surface area contributed by atoms with Gasteiger partial charge in [-0.05, 0) is 32.4 Å². The predicted octanol–water partition coefficient (Wildman–Crippen LogP) is 2.06. The van der Waals surface area contributed by atoms with E-state index in [1.165, 1.54) is 27.3 Å². The molecule has 0 saturated carbocycles. The zero-order valence-corrected chi connectivity index (χ0v) is 13.8. The highest BCUT2D eigenvalue weighted by molar-refractivity contribution is 7.88. The standard InChI is InChI=1S/C15H26N2O2S/c1-5-17(20(4,18)19)8-6-7-16-12-15-10-13(2)9-14(3)11-15/h9-11,16H,5-8,12H2,1-4H3. The summed E-state index contributed by atoms with van der Waals surface area (Å²) in [5.41, 5.74) is 3.82. The molecule has 0 fully saturated rings. The Balaban J connectivity index is 2.32. The van der Waals surface area contributed by atoms with Gasteiger partial charge in [-0.25, -0.2) is 12.7 Å². The number of sulfonamides is 1. The highest BCUT2D eigenvalue weighted by atomic mass is 32.2. The minimum absolute atomic E-state index is 0.538. The number of hydrogen-bond acceptors (Lipinski definition) is 3. The summed E-state index contributed by atoms with van der Waals surface area (Å²) in [6.45, 7) is 8.82. The molecule has 0 unspecified atom stereocenters. The average Bonchev–Trinajstić information content (AvgIpc) is 2.30. The van der Waals surface area contributed by atoms with Crippen molar-refractivity contribution >= 4 is 10.0 Å². The molecule has 1 N–H and O–H groups in total. The minimum atomic E-state index is -3.06. The summed E-state index contributed by atoms with van der Waals surface area (Å²) in [4.78, 5) is 0. The molecule has 0 heterocycles. The van der Waals surface area contributed by atoms with Gasteiger partial charge in [0.25, 0.3) is 0 Å². The fourth-order valence-electron chi connectivity index (χ4n) is 2.34. The van der Waals surface area contributed by atoms with Crippen LogP contribution in [0.5, 0.6) is 0 Å². The zero-order valence-electron chi connectivity index (χ0n) is 12.9. The lowest BCUT2D eigenvalue weighted by atomic mass is 10.1. The van der Waals surface area contributed by atoms with E-state index in [1.54, 1.807) is 0 Å². The van der Waals surface area contributed by atoms with Gasteiger partial charge in [0.05, 0.1) is 6.26 Å². The molecule has 114 valence electrons. The second-order valence-electron chi connectivity index (χ2n) is 5.28. The molecule has 0 amide bonds. The lowest BCUT2D eigenvalue weighted by molar-refractivity contribution is 0.419. The van der Waals surface area contributed by atoms with Crippen molar-refractivity contribution in [3.63, 3.8) is 0 Å². The molecule has 1 rings (SSSR count). The molecule has 1 aromatic rings. The lowest BCUT2D eigenvalue weighted by Gasteiger charge is -2.17. The Labute approximate surface area is 123 Å². The number of benzene rings is 1. The topological polar surface area (TPSA) is 49.4 Å². The Hall–Kier alpha value is -0.910. The Morgan fingerprint density at radius 3 is 2.25 bits per heavy atom. The second-order valence-corrected chi connectivity index (χ2v) is 7.26. The summed E-state index contributed by atoms with van der Waals surface area (Å²) in [6, 6.07) is 6.51. The van der Waals surface area contributed by atoms with Crippen LogP contribution in [0.4, 0.5) is 0 Å². The molecular formula is C15H26N2O2S. The molecule has 20 heavy (non-hydrogen) atoms. The molecule has 0 bridgehead atoms. The van der Waals surface area contributed by atoms with Gasteiger partial charge >= 0.3 is 0 Å². The molecule has 0 aromatic heterocycles. The minimum Gasteiger partial charge on any atom is -0.313 e. The zero-order chi connectivity index (χ0) is 15.2. The molecule has 0 aliphatic heterocycles. The average molecular weight is 298 g/mol. The van der Waals surface area contributed by atoms with Gasteiger partial charge in [-0.2, -0.15) is 0 Å². The fraction of sp³-hybridized carbons (Fsp3) is 0.600. The van der Waals surface area contributed by atoms with E-state index in [-0.39, 0.29) is 0 Å². The molecule has 4 nitrogen and oxygen atoms in total. The van der Waals surface area contributed by atoms with Crippen molar-refractivity contribution in [2.24, 2.45) is 0 Å². The van der Waals surface area contributed by atoms with Crippen molar-refractivity contribution in [2.45, 2.75) is 33.7 Å². The third-order valence-electron chi connectivity index (χ3n) is 3.19. The largest absolute Gasteiger partial charge is 0.313 e. The summed E-state index contributed by atoms with van der Waals surface area (Å²) in [7, 11) is -3.06. The van der Waals surface area contributed by atoms with Crippen LogP contribution >= 0.6 is 0 Å². The molecule has 1 aromatic carbocycles. The molecule has 0 atom stereocenters. The Morgan fingerprint density at radius 1 is 1.15 bits per heavy atom. The van der Waals surface area contributed by atoms with E-state index < -0.39 is 10.0 Å². The lowest BCUT2D eigenvalue weighted by Crippen LogP contribution is -2.32. The first-order chi connectivity index (χ1) is 9.32. The SMILES string of the molecule is CCN(CCCNCc1cc(C)cc(C)c1)S(C)(=O)=O. The normalized spacial score (nSPS) is 12.1. The maximum atomic E-state index is 11.4. The van der Waals surface area contributed by atoms with E-state index in [1.807, 2.05) is 6.92 Å². The smallest absolute Gasteiger partial charge is 0.211 e. The van der Waals surface area contributed by atoms with Gasteiger partial charge in [0, 0.05) is 19.6 Å². The van der Waals surface area contributed by atoms with Gasteiger partial charge in [0.1, 0.15) is 0 Å². The van der Waals surface area contributed by atoms with Crippen LogP contribution in [0.1, 0.15) is 30.0 Å². The van der Waals surface area contributed by atoms with Crippen molar-refractivity contribution in [2.75, 3.05) is 25.9 Å². The third kappa shape index (κ3) is 6.03. The maximum absolute atomic E-state index is 11.4. The van der Waals surface area contributed by atoms with Gasteiger partial charge in [-0.3, -0.25) is 0 Å².